The van der Waals surface area contributed by atoms with Gasteiger partial charge in [0, 0.05) is 0 Å². The summed E-state index contributed by atoms with van der Waals surface area (Å²) in [5, 5.41) is 11.1. The maximum atomic E-state index is 14.2. The highest BCUT2D eigenvalue weighted by Crippen LogP contribution is 2.28. The summed E-state index contributed by atoms with van der Waals surface area (Å²) in [5.74, 6) is 1.07. The summed E-state index contributed by atoms with van der Waals surface area (Å²) in [6.45, 7) is 0.431. The van der Waals surface area contributed by atoms with E-state index in [1.54, 1.807) is 37.6 Å². The second-order valence-electron chi connectivity index (χ2n) is 6.57. The Balaban J connectivity index is 1.57. The molecule has 0 atom stereocenters. The first-order chi connectivity index (χ1) is 15.2. The van der Waals surface area contributed by atoms with Crippen LogP contribution in [0.25, 0.3) is 11.4 Å². The van der Waals surface area contributed by atoms with E-state index in [0.717, 1.165) is 11.1 Å². The number of benzene rings is 3. The fourth-order valence-corrected chi connectivity index (χ4v) is 3.14. The van der Waals surface area contributed by atoms with E-state index in [9.17, 15) is 4.39 Å². The van der Waals surface area contributed by atoms with Gasteiger partial charge in [-0.25, -0.2) is 9.49 Å². The molecule has 1 aromatic heterocycles. The van der Waals surface area contributed by atoms with E-state index in [0.29, 0.717) is 23.7 Å². The second kappa shape index (κ2) is 9.36. The van der Waals surface area contributed by atoms with E-state index in [2.05, 4.69) is 15.3 Å². The van der Waals surface area contributed by atoms with Gasteiger partial charge >= 0.3 is 0 Å². The molecule has 0 amide bonds. The van der Waals surface area contributed by atoms with Crippen LogP contribution in [0.5, 0.6) is 11.5 Å². The van der Waals surface area contributed by atoms with Gasteiger partial charge in [0.25, 0.3) is 0 Å². The van der Waals surface area contributed by atoms with E-state index in [-0.39, 0.29) is 10.6 Å². The quantitative estimate of drug-likeness (QED) is 0.320. The molecule has 1 heterocycles. The third-order valence-corrected chi connectivity index (χ3v) is 4.78. The minimum Gasteiger partial charge on any atom is -0.493 e. The number of nitrogens with zero attached hydrogens (tertiary/aromatic N) is 3. The lowest BCUT2D eigenvalue weighted by Crippen LogP contribution is -1.99. The highest BCUT2D eigenvalue weighted by molar-refractivity contribution is 7.71. The Bertz CT molecular complexity index is 1270. The predicted molar refractivity (Wildman–Crippen MR) is 120 cm³/mol. The Morgan fingerprint density at radius 3 is 2.61 bits per heavy atom. The van der Waals surface area contributed by atoms with Crippen LogP contribution in [-0.4, -0.2) is 28.2 Å². The molecule has 0 aliphatic heterocycles. The van der Waals surface area contributed by atoms with Gasteiger partial charge in [-0.2, -0.15) is 14.9 Å². The third kappa shape index (κ3) is 4.70. The van der Waals surface area contributed by atoms with Crippen molar-refractivity contribution in [2.45, 2.75) is 6.61 Å². The molecule has 31 heavy (non-hydrogen) atoms. The van der Waals surface area contributed by atoms with Crippen LogP contribution in [0.3, 0.4) is 0 Å². The Morgan fingerprint density at radius 1 is 1.06 bits per heavy atom. The van der Waals surface area contributed by atoms with Gasteiger partial charge in [0.05, 0.1) is 18.9 Å². The maximum Gasteiger partial charge on any atom is 0.216 e. The van der Waals surface area contributed by atoms with Crippen LogP contribution in [-0.2, 0) is 6.61 Å². The number of methoxy groups -OCH3 is 1. The molecule has 1 N–H and O–H groups in total. The number of halogens is 1. The minimum atomic E-state index is -0.408. The van der Waals surface area contributed by atoms with Crippen LogP contribution in [0.4, 0.5) is 4.39 Å². The largest absolute Gasteiger partial charge is 0.493 e. The van der Waals surface area contributed by atoms with Crippen LogP contribution in [0.1, 0.15) is 11.1 Å². The molecular formula is C23H19FN4O2S. The highest BCUT2D eigenvalue weighted by atomic mass is 32.1. The van der Waals surface area contributed by atoms with Gasteiger partial charge in [-0.1, -0.05) is 42.5 Å². The van der Waals surface area contributed by atoms with Crippen molar-refractivity contribution >= 4 is 18.4 Å². The van der Waals surface area contributed by atoms with Gasteiger partial charge in [0.1, 0.15) is 12.4 Å². The summed E-state index contributed by atoms with van der Waals surface area (Å²) in [5.41, 5.74) is 2.12. The van der Waals surface area contributed by atoms with Crippen LogP contribution < -0.4 is 9.47 Å². The normalized spacial score (nSPS) is 11.0. The highest BCUT2D eigenvalue weighted by Gasteiger charge is 2.12. The summed E-state index contributed by atoms with van der Waals surface area (Å²) in [4.78, 5) is 0. The lowest BCUT2D eigenvalue weighted by Gasteiger charge is -2.11. The van der Waals surface area contributed by atoms with Gasteiger partial charge in [-0.3, -0.25) is 0 Å². The molecule has 0 saturated carbocycles. The number of hydrogen-bond acceptors (Lipinski definition) is 5. The molecule has 0 fully saturated rings. The Kier molecular flexibility index (Phi) is 6.18. The molecule has 0 spiro atoms. The molecule has 156 valence electrons. The maximum absolute atomic E-state index is 14.2. The van der Waals surface area contributed by atoms with Crippen molar-refractivity contribution in [2.24, 2.45) is 5.10 Å². The lowest BCUT2D eigenvalue weighted by atomic mass is 10.2. The van der Waals surface area contributed by atoms with Gasteiger partial charge in [0.2, 0.25) is 4.77 Å². The topological polar surface area (TPSA) is 64.4 Å². The Hall–Kier alpha value is -3.78. The number of aromatic nitrogens is 3. The predicted octanol–water partition coefficient (Wildman–Crippen LogP) is 5.22. The average Bonchev–Trinajstić information content (AvgIpc) is 3.17. The summed E-state index contributed by atoms with van der Waals surface area (Å²) in [6, 6.07) is 21.7. The molecule has 0 aliphatic carbocycles. The smallest absolute Gasteiger partial charge is 0.216 e. The summed E-state index contributed by atoms with van der Waals surface area (Å²) in [6.07, 6.45) is 1.60. The molecule has 0 bridgehead atoms. The molecule has 3 aromatic carbocycles. The van der Waals surface area contributed by atoms with Crippen LogP contribution in [0.2, 0.25) is 0 Å². The summed E-state index contributed by atoms with van der Waals surface area (Å²) >= 11 is 5.25. The fourth-order valence-electron chi connectivity index (χ4n) is 2.96. The average molecular weight is 434 g/mol. The van der Waals surface area contributed by atoms with Crippen molar-refractivity contribution in [1.29, 1.82) is 0 Å². The molecule has 0 aliphatic rings. The van der Waals surface area contributed by atoms with Crippen LogP contribution >= 0.6 is 12.2 Å². The lowest BCUT2D eigenvalue weighted by molar-refractivity contribution is 0.284. The van der Waals surface area contributed by atoms with Gasteiger partial charge in [-0.15, -0.1) is 0 Å². The third-order valence-electron chi connectivity index (χ3n) is 4.51. The molecular weight excluding hydrogens is 415 g/mol. The van der Waals surface area contributed by atoms with Gasteiger partial charge in [-0.05, 0) is 53.7 Å². The molecule has 6 nitrogen and oxygen atoms in total. The SMILES string of the molecule is COc1cc(C=Nn2c(-c3ccccc3F)n[nH]c2=S)ccc1OCc1ccccc1. The zero-order valence-corrected chi connectivity index (χ0v) is 17.5. The number of aromatic amines is 1. The fraction of sp³-hybridized carbons (Fsp3) is 0.0870. The number of rotatable bonds is 7. The molecule has 4 aromatic rings. The minimum absolute atomic E-state index is 0.254. The number of ether oxygens (including phenoxy) is 2. The van der Waals surface area contributed by atoms with Gasteiger partial charge < -0.3 is 9.47 Å². The van der Waals surface area contributed by atoms with Crippen molar-refractivity contribution in [3.63, 3.8) is 0 Å². The first kappa shape index (κ1) is 20.5. The van der Waals surface area contributed by atoms with E-state index in [4.69, 9.17) is 21.7 Å². The van der Waals surface area contributed by atoms with Crippen molar-refractivity contribution in [3.05, 3.63) is 94.5 Å². The van der Waals surface area contributed by atoms with E-state index in [1.807, 2.05) is 42.5 Å². The van der Waals surface area contributed by atoms with Crippen LogP contribution in [0.15, 0.2) is 77.9 Å². The monoisotopic (exact) mass is 434 g/mol. The van der Waals surface area contributed by atoms with Crippen molar-refractivity contribution in [3.8, 4) is 22.9 Å². The molecule has 0 saturated heterocycles. The first-order valence-electron chi connectivity index (χ1n) is 9.47. The van der Waals surface area contributed by atoms with Crippen molar-refractivity contribution in [1.82, 2.24) is 14.9 Å². The van der Waals surface area contributed by atoms with Crippen LogP contribution in [0, 0.1) is 10.6 Å². The summed E-state index contributed by atoms with van der Waals surface area (Å²) in [7, 11) is 1.58. The molecule has 8 heteroatoms. The number of H-pyrrole nitrogens is 1. The summed E-state index contributed by atoms with van der Waals surface area (Å²) < 4.78 is 27.2. The van der Waals surface area contributed by atoms with E-state index in [1.165, 1.54) is 10.7 Å². The van der Waals surface area contributed by atoms with Gasteiger partial charge in [0.15, 0.2) is 17.3 Å². The zero-order valence-electron chi connectivity index (χ0n) is 16.7. The standard InChI is InChI=1S/C23H19FN4O2S/c1-29-21-13-17(11-12-20(21)30-15-16-7-3-2-4-8-16)14-25-28-22(26-27-23(28)31)18-9-5-6-10-19(18)24/h2-14H,15H2,1H3,(H,27,31). The zero-order chi connectivity index (χ0) is 21.6. The van der Waals surface area contributed by atoms with E-state index >= 15 is 0 Å². The Labute approximate surface area is 183 Å². The Morgan fingerprint density at radius 2 is 1.84 bits per heavy atom. The number of nitrogens with one attached hydrogen (secondary N) is 1. The molecule has 0 radical (unpaired) electrons. The van der Waals surface area contributed by atoms with E-state index < -0.39 is 5.82 Å². The molecule has 4 rings (SSSR count). The van der Waals surface area contributed by atoms with Crippen molar-refractivity contribution in [2.75, 3.05) is 7.11 Å². The molecule has 0 unspecified atom stereocenters. The van der Waals surface area contributed by atoms with Crippen molar-refractivity contribution < 1.29 is 13.9 Å². The number of hydrogen-bond donors (Lipinski definition) is 1. The first-order valence-corrected chi connectivity index (χ1v) is 9.88. The second-order valence-corrected chi connectivity index (χ2v) is 6.96.